The van der Waals surface area contributed by atoms with E-state index < -0.39 is 31.3 Å². The number of aliphatic hydroxyl groups excluding tert-OH is 1. The van der Waals surface area contributed by atoms with Gasteiger partial charge in [-0.05, 0) is 0 Å². The average Bonchev–Trinajstić information content (AvgIpc) is 1.87. The van der Waals surface area contributed by atoms with Crippen LogP contribution in [0.4, 0.5) is 8.78 Å². The summed E-state index contributed by atoms with van der Waals surface area (Å²) in [5.41, 5.74) is 0. The van der Waals surface area contributed by atoms with Crippen molar-refractivity contribution in [2.75, 3.05) is 6.61 Å². The Morgan fingerprint density at radius 1 is 1.50 bits per heavy atom. The molecule has 10 heavy (non-hydrogen) atoms. The van der Waals surface area contributed by atoms with E-state index >= 15 is 0 Å². The molecule has 0 aliphatic heterocycles. The fourth-order valence-corrected chi connectivity index (χ4v) is 0.424. The van der Waals surface area contributed by atoms with Gasteiger partial charge in [0.15, 0.2) is 0 Å². The number of carboxylic acid groups (broad SMARTS) is 1. The van der Waals surface area contributed by atoms with Gasteiger partial charge in [-0.2, -0.15) is 0 Å². The molecule has 0 aliphatic rings. The van der Waals surface area contributed by atoms with Gasteiger partial charge in [0, 0.05) is 13.0 Å². The number of hydrogen-bond donors (Lipinski definition) is 2. The van der Waals surface area contributed by atoms with Gasteiger partial charge in [-0.15, -0.1) is 0 Å². The van der Waals surface area contributed by atoms with Crippen LogP contribution < -0.4 is 0 Å². The third-order valence-corrected chi connectivity index (χ3v) is 0.958. The fraction of sp³-hybridized carbons (Fsp3) is 0.800. The zero-order valence-corrected chi connectivity index (χ0v) is 5.13. The van der Waals surface area contributed by atoms with Gasteiger partial charge in [-0.1, -0.05) is 0 Å². The molecular weight excluding hydrogens is 146 g/mol. The van der Waals surface area contributed by atoms with E-state index in [0.29, 0.717) is 0 Å². The van der Waals surface area contributed by atoms with E-state index in [0.717, 1.165) is 0 Å². The number of halogens is 2. The van der Waals surface area contributed by atoms with E-state index in [9.17, 15) is 13.6 Å². The number of carbonyl (C=O) groups is 1. The SMILES string of the molecule is O=C(O)C(F)C(F)CCO. The lowest BCUT2D eigenvalue weighted by Crippen LogP contribution is -2.27. The second kappa shape index (κ2) is 4.16. The number of aliphatic hydroxyl groups is 1. The summed E-state index contributed by atoms with van der Waals surface area (Å²) in [6.07, 6.45) is -5.11. The summed E-state index contributed by atoms with van der Waals surface area (Å²) in [4.78, 5) is 9.72. The number of hydrogen-bond acceptors (Lipinski definition) is 2. The van der Waals surface area contributed by atoms with Crippen LogP contribution in [0.15, 0.2) is 0 Å². The van der Waals surface area contributed by atoms with Crippen molar-refractivity contribution >= 4 is 5.97 Å². The van der Waals surface area contributed by atoms with E-state index in [4.69, 9.17) is 10.2 Å². The van der Waals surface area contributed by atoms with Crippen molar-refractivity contribution in [1.82, 2.24) is 0 Å². The molecule has 0 saturated carbocycles. The molecule has 0 bridgehead atoms. The Hall–Kier alpha value is -0.710. The Bertz CT molecular complexity index is 117. The van der Waals surface area contributed by atoms with Crippen molar-refractivity contribution < 1.29 is 23.8 Å². The molecular formula is C5H8F2O3. The smallest absolute Gasteiger partial charge is 0.341 e. The number of rotatable bonds is 4. The summed E-state index contributed by atoms with van der Waals surface area (Å²) >= 11 is 0. The quantitative estimate of drug-likeness (QED) is 0.605. The first-order chi connectivity index (χ1) is 4.59. The van der Waals surface area contributed by atoms with Crippen LogP contribution in [0.5, 0.6) is 0 Å². The maximum Gasteiger partial charge on any atom is 0.341 e. The maximum atomic E-state index is 12.1. The normalized spacial score (nSPS) is 16.3. The molecule has 0 radical (unpaired) electrons. The summed E-state index contributed by atoms with van der Waals surface area (Å²) in [5.74, 6) is -1.83. The van der Waals surface area contributed by atoms with Crippen LogP contribution in [0, 0.1) is 0 Å². The highest BCUT2D eigenvalue weighted by atomic mass is 19.2. The van der Waals surface area contributed by atoms with E-state index in [1.807, 2.05) is 0 Å². The van der Waals surface area contributed by atoms with Crippen LogP contribution in [0.25, 0.3) is 0 Å². The van der Waals surface area contributed by atoms with Crippen molar-refractivity contribution in [3.8, 4) is 0 Å². The Morgan fingerprint density at radius 3 is 2.30 bits per heavy atom. The second-order valence-corrected chi connectivity index (χ2v) is 1.77. The zero-order chi connectivity index (χ0) is 8.15. The third kappa shape index (κ3) is 2.72. The highest BCUT2D eigenvalue weighted by molar-refractivity contribution is 5.72. The molecule has 60 valence electrons. The molecule has 2 N–H and O–H groups in total. The molecule has 0 fully saturated rings. The van der Waals surface area contributed by atoms with Crippen LogP contribution in [-0.2, 0) is 4.79 Å². The Morgan fingerprint density at radius 2 is 2.00 bits per heavy atom. The van der Waals surface area contributed by atoms with Crippen LogP contribution in [0.3, 0.4) is 0 Å². The molecule has 0 rings (SSSR count). The van der Waals surface area contributed by atoms with E-state index in [-0.39, 0.29) is 0 Å². The summed E-state index contributed by atoms with van der Waals surface area (Å²) in [6, 6.07) is 0. The maximum absolute atomic E-state index is 12.1. The van der Waals surface area contributed by atoms with Crippen molar-refractivity contribution in [2.45, 2.75) is 18.8 Å². The van der Waals surface area contributed by atoms with E-state index in [1.54, 1.807) is 0 Å². The summed E-state index contributed by atoms with van der Waals surface area (Å²) in [6.45, 7) is -0.547. The number of carboxylic acids is 1. The summed E-state index contributed by atoms with van der Waals surface area (Å²) in [7, 11) is 0. The predicted molar refractivity (Wildman–Crippen MR) is 29.1 cm³/mol. The lowest BCUT2D eigenvalue weighted by atomic mass is 10.2. The van der Waals surface area contributed by atoms with Crippen molar-refractivity contribution in [2.24, 2.45) is 0 Å². The molecule has 0 heterocycles. The monoisotopic (exact) mass is 154 g/mol. The van der Waals surface area contributed by atoms with Crippen LogP contribution >= 0.6 is 0 Å². The molecule has 0 aliphatic carbocycles. The van der Waals surface area contributed by atoms with Crippen LogP contribution in [0.2, 0.25) is 0 Å². The average molecular weight is 154 g/mol. The molecule has 0 aromatic carbocycles. The van der Waals surface area contributed by atoms with Crippen LogP contribution in [0.1, 0.15) is 6.42 Å². The Labute approximate surface area is 56.3 Å². The molecule has 2 atom stereocenters. The standard InChI is InChI=1S/C5H8F2O3/c6-3(1-2-8)4(7)5(9)10/h3-4,8H,1-2H2,(H,9,10). The second-order valence-electron chi connectivity index (χ2n) is 1.77. The Balaban J connectivity index is 3.69. The topological polar surface area (TPSA) is 57.5 Å². The first-order valence-electron chi connectivity index (χ1n) is 2.71. The first kappa shape index (κ1) is 9.29. The Kier molecular flexibility index (Phi) is 3.87. The summed E-state index contributed by atoms with van der Waals surface area (Å²) in [5, 5.41) is 16.0. The van der Waals surface area contributed by atoms with Crippen LogP contribution in [-0.4, -0.2) is 35.1 Å². The molecule has 0 aromatic rings. The van der Waals surface area contributed by atoms with Gasteiger partial charge < -0.3 is 10.2 Å². The largest absolute Gasteiger partial charge is 0.479 e. The van der Waals surface area contributed by atoms with Gasteiger partial charge in [-0.25, -0.2) is 13.6 Å². The molecule has 0 amide bonds. The van der Waals surface area contributed by atoms with Gasteiger partial charge in [0.05, 0.1) is 0 Å². The molecule has 0 saturated heterocycles. The molecule has 0 aromatic heterocycles. The fourth-order valence-electron chi connectivity index (χ4n) is 0.424. The van der Waals surface area contributed by atoms with Crippen molar-refractivity contribution in [1.29, 1.82) is 0 Å². The minimum atomic E-state index is -2.52. The van der Waals surface area contributed by atoms with Gasteiger partial charge >= 0.3 is 5.97 Å². The minimum Gasteiger partial charge on any atom is -0.479 e. The number of alkyl halides is 2. The van der Waals surface area contributed by atoms with E-state index in [1.165, 1.54) is 0 Å². The van der Waals surface area contributed by atoms with Gasteiger partial charge in [0.1, 0.15) is 6.17 Å². The molecule has 0 spiro atoms. The lowest BCUT2D eigenvalue weighted by Gasteiger charge is -2.06. The highest BCUT2D eigenvalue weighted by Crippen LogP contribution is 2.07. The predicted octanol–water partition coefficient (Wildman–Crippen LogP) is 0.130. The third-order valence-electron chi connectivity index (χ3n) is 0.958. The zero-order valence-electron chi connectivity index (χ0n) is 5.13. The van der Waals surface area contributed by atoms with Crippen molar-refractivity contribution in [3.63, 3.8) is 0 Å². The summed E-state index contributed by atoms with van der Waals surface area (Å²) < 4.78 is 24.2. The van der Waals surface area contributed by atoms with Gasteiger partial charge in [0.2, 0.25) is 6.17 Å². The van der Waals surface area contributed by atoms with E-state index in [2.05, 4.69) is 0 Å². The lowest BCUT2D eigenvalue weighted by molar-refractivity contribution is -0.145. The minimum absolute atomic E-state index is 0.479. The van der Waals surface area contributed by atoms with Gasteiger partial charge in [0.25, 0.3) is 0 Å². The molecule has 3 nitrogen and oxygen atoms in total. The molecule has 2 unspecified atom stereocenters. The molecule has 5 heteroatoms. The van der Waals surface area contributed by atoms with Crippen molar-refractivity contribution in [3.05, 3.63) is 0 Å². The first-order valence-corrected chi connectivity index (χ1v) is 2.71. The highest BCUT2D eigenvalue weighted by Gasteiger charge is 2.26. The van der Waals surface area contributed by atoms with Gasteiger partial charge in [-0.3, -0.25) is 0 Å². The number of aliphatic carboxylic acids is 1.